The molecule has 0 bridgehead atoms. The molecule has 2 heterocycles. The van der Waals surface area contributed by atoms with Gasteiger partial charge in [0.2, 0.25) is 5.91 Å². The van der Waals surface area contributed by atoms with Crippen LogP contribution >= 0.6 is 0 Å². The molecule has 2 aliphatic heterocycles. The fraction of sp³-hybridized carbons (Fsp3) is 0.611. The van der Waals surface area contributed by atoms with Crippen LogP contribution in [0.15, 0.2) is 24.3 Å². The zero-order valence-electron chi connectivity index (χ0n) is 14.1. The molecule has 24 heavy (non-hydrogen) atoms. The van der Waals surface area contributed by atoms with Crippen molar-refractivity contribution in [3.8, 4) is 0 Å². The van der Waals surface area contributed by atoms with Gasteiger partial charge < -0.3 is 15.5 Å². The Morgan fingerprint density at radius 1 is 1.12 bits per heavy atom. The van der Waals surface area contributed by atoms with E-state index in [2.05, 4.69) is 20.4 Å². The number of rotatable bonds is 5. The zero-order valence-corrected chi connectivity index (χ0v) is 14.1. The Morgan fingerprint density at radius 2 is 1.79 bits per heavy atom. The van der Waals surface area contributed by atoms with Gasteiger partial charge in [-0.2, -0.15) is 0 Å². The Balaban J connectivity index is 1.38. The fourth-order valence-corrected chi connectivity index (χ4v) is 3.51. The lowest BCUT2D eigenvalue weighted by Crippen LogP contribution is -2.50. The van der Waals surface area contributed by atoms with Crippen LogP contribution < -0.4 is 10.6 Å². The highest BCUT2D eigenvalue weighted by atomic mass is 19.1. The molecule has 0 aromatic heterocycles. The molecule has 0 radical (unpaired) electrons. The van der Waals surface area contributed by atoms with E-state index in [1.165, 1.54) is 25.5 Å². The Bertz CT molecular complexity index is 540. The largest absolute Gasteiger partial charge is 0.322 e. The minimum absolute atomic E-state index is 0.146. The van der Waals surface area contributed by atoms with Gasteiger partial charge in [0.1, 0.15) is 5.82 Å². The predicted molar refractivity (Wildman–Crippen MR) is 93.5 cm³/mol. The molecule has 0 unspecified atom stereocenters. The van der Waals surface area contributed by atoms with Gasteiger partial charge in [-0.25, -0.2) is 4.39 Å². The molecule has 2 saturated heterocycles. The molecule has 2 aliphatic rings. The lowest BCUT2D eigenvalue weighted by atomic mass is 9.97. The van der Waals surface area contributed by atoms with Gasteiger partial charge in [0.25, 0.3) is 0 Å². The first-order chi connectivity index (χ1) is 11.7. The number of nitrogens with zero attached hydrogens (tertiary/aromatic N) is 2. The van der Waals surface area contributed by atoms with Crippen molar-refractivity contribution in [1.29, 1.82) is 0 Å². The number of nitrogens with one attached hydrogen (secondary N) is 2. The first kappa shape index (κ1) is 17.3. The first-order valence-electron chi connectivity index (χ1n) is 8.90. The molecule has 2 N–H and O–H groups in total. The maximum atomic E-state index is 13.6. The normalized spacial score (nSPS) is 20.9. The average molecular weight is 334 g/mol. The molecular formula is C18H27FN4O. The SMILES string of the molecule is O=C(CN1CCN(CC2CCNCC2)CC1)Nc1ccccc1F. The summed E-state index contributed by atoms with van der Waals surface area (Å²) in [6.45, 7) is 7.60. The van der Waals surface area contributed by atoms with E-state index in [1.54, 1.807) is 18.2 Å². The van der Waals surface area contributed by atoms with Gasteiger partial charge in [-0.05, 0) is 44.0 Å². The van der Waals surface area contributed by atoms with Crippen molar-refractivity contribution in [3.63, 3.8) is 0 Å². The number of para-hydroxylation sites is 1. The number of amides is 1. The van der Waals surface area contributed by atoms with E-state index in [0.717, 1.165) is 45.2 Å². The van der Waals surface area contributed by atoms with Crippen molar-refractivity contribution >= 4 is 11.6 Å². The monoisotopic (exact) mass is 334 g/mol. The van der Waals surface area contributed by atoms with Crippen molar-refractivity contribution in [2.45, 2.75) is 12.8 Å². The molecule has 3 rings (SSSR count). The van der Waals surface area contributed by atoms with Crippen molar-refractivity contribution in [3.05, 3.63) is 30.1 Å². The number of carbonyl (C=O) groups is 1. The molecule has 1 aromatic rings. The third-order valence-corrected chi connectivity index (χ3v) is 4.96. The highest BCUT2D eigenvalue weighted by Crippen LogP contribution is 2.15. The number of anilines is 1. The summed E-state index contributed by atoms with van der Waals surface area (Å²) in [5.41, 5.74) is 0.257. The summed E-state index contributed by atoms with van der Waals surface area (Å²) in [5.74, 6) is 0.270. The summed E-state index contributed by atoms with van der Waals surface area (Å²) < 4.78 is 13.6. The van der Waals surface area contributed by atoms with E-state index in [1.807, 2.05) is 0 Å². The van der Waals surface area contributed by atoms with Crippen LogP contribution in [0.1, 0.15) is 12.8 Å². The maximum Gasteiger partial charge on any atom is 0.238 e. The Kier molecular flexibility index (Phi) is 6.18. The molecule has 0 aliphatic carbocycles. The van der Waals surface area contributed by atoms with E-state index in [4.69, 9.17) is 0 Å². The molecular weight excluding hydrogens is 307 g/mol. The van der Waals surface area contributed by atoms with Crippen LogP contribution in [0.3, 0.4) is 0 Å². The van der Waals surface area contributed by atoms with E-state index in [0.29, 0.717) is 6.54 Å². The summed E-state index contributed by atoms with van der Waals surface area (Å²) in [4.78, 5) is 16.8. The molecule has 5 nitrogen and oxygen atoms in total. The van der Waals surface area contributed by atoms with Gasteiger partial charge >= 0.3 is 0 Å². The fourth-order valence-electron chi connectivity index (χ4n) is 3.51. The number of piperazine rings is 1. The van der Waals surface area contributed by atoms with Crippen LogP contribution in [0.4, 0.5) is 10.1 Å². The van der Waals surface area contributed by atoms with E-state index >= 15 is 0 Å². The number of carbonyl (C=O) groups excluding carboxylic acids is 1. The predicted octanol–water partition coefficient (Wildman–Crippen LogP) is 1.38. The van der Waals surface area contributed by atoms with Gasteiger partial charge in [0, 0.05) is 32.7 Å². The number of piperidine rings is 1. The van der Waals surface area contributed by atoms with Crippen LogP contribution in [0.5, 0.6) is 0 Å². The van der Waals surface area contributed by atoms with Crippen LogP contribution in [0.25, 0.3) is 0 Å². The first-order valence-corrected chi connectivity index (χ1v) is 8.90. The van der Waals surface area contributed by atoms with Crippen LogP contribution in [-0.2, 0) is 4.79 Å². The number of hydrogen-bond donors (Lipinski definition) is 2. The third-order valence-electron chi connectivity index (χ3n) is 4.96. The van der Waals surface area contributed by atoms with Gasteiger partial charge in [0.05, 0.1) is 12.2 Å². The summed E-state index contributed by atoms with van der Waals surface area (Å²) in [7, 11) is 0. The lowest BCUT2D eigenvalue weighted by Gasteiger charge is -2.37. The molecule has 2 fully saturated rings. The van der Waals surface area contributed by atoms with Gasteiger partial charge in [-0.15, -0.1) is 0 Å². The summed E-state index contributed by atoms with van der Waals surface area (Å²) >= 11 is 0. The van der Waals surface area contributed by atoms with Gasteiger partial charge in [0.15, 0.2) is 0 Å². The standard InChI is InChI=1S/C18H27FN4O/c19-16-3-1-2-4-17(16)21-18(24)14-23-11-9-22(10-12-23)13-15-5-7-20-8-6-15/h1-4,15,20H,5-14H2,(H,21,24). The molecule has 1 aromatic carbocycles. The molecule has 132 valence electrons. The summed E-state index contributed by atoms with van der Waals surface area (Å²) in [5, 5.41) is 6.06. The average Bonchev–Trinajstić information content (AvgIpc) is 2.60. The van der Waals surface area contributed by atoms with Crippen molar-refractivity contribution in [2.24, 2.45) is 5.92 Å². The highest BCUT2D eigenvalue weighted by molar-refractivity contribution is 5.92. The van der Waals surface area contributed by atoms with Gasteiger partial charge in [-0.1, -0.05) is 12.1 Å². The summed E-state index contributed by atoms with van der Waals surface area (Å²) in [6, 6.07) is 6.28. The minimum atomic E-state index is -0.391. The van der Waals surface area contributed by atoms with E-state index in [9.17, 15) is 9.18 Å². The minimum Gasteiger partial charge on any atom is -0.322 e. The Hall–Kier alpha value is -1.50. The third kappa shape index (κ3) is 5.00. The molecule has 0 atom stereocenters. The molecule has 0 spiro atoms. The summed E-state index contributed by atoms with van der Waals surface area (Å²) in [6.07, 6.45) is 2.54. The van der Waals surface area contributed by atoms with Crippen molar-refractivity contribution in [2.75, 3.05) is 57.7 Å². The lowest BCUT2D eigenvalue weighted by molar-refractivity contribution is -0.117. The van der Waals surface area contributed by atoms with E-state index < -0.39 is 5.82 Å². The molecule has 1 amide bonds. The molecule has 6 heteroatoms. The second-order valence-electron chi connectivity index (χ2n) is 6.80. The Labute approximate surface area is 143 Å². The zero-order chi connectivity index (χ0) is 16.8. The smallest absolute Gasteiger partial charge is 0.238 e. The second kappa shape index (κ2) is 8.55. The quantitative estimate of drug-likeness (QED) is 0.854. The van der Waals surface area contributed by atoms with Crippen molar-refractivity contribution in [1.82, 2.24) is 15.1 Å². The number of hydrogen-bond acceptors (Lipinski definition) is 4. The maximum absolute atomic E-state index is 13.6. The molecule has 0 saturated carbocycles. The number of halogens is 1. The van der Waals surface area contributed by atoms with Crippen molar-refractivity contribution < 1.29 is 9.18 Å². The van der Waals surface area contributed by atoms with Crippen LogP contribution in [-0.4, -0.2) is 68.1 Å². The number of benzene rings is 1. The highest BCUT2D eigenvalue weighted by Gasteiger charge is 2.22. The van der Waals surface area contributed by atoms with Crippen LogP contribution in [0, 0.1) is 11.7 Å². The topological polar surface area (TPSA) is 47.6 Å². The van der Waals surface area contributed by atoms with Gasteiger partial charge in [-0.3, -0.25) is 9.69 Å². The Morgan fingerprint density at radius 3 is 2.50 bits per heavy atom. The van der Waals surface area contributed by atoms with E-state index in [-0.39, 0.29) is 11.6 Å². The van der Waals surface area contributed by atoms with Crippen LogP contribution in [0.2, 0.25) is 0 Å². The second-order valence-corrected chi connectivity index (χ2v) is 6.80.